The van der Waals surface area contributed by atoms with Crippen LogP contribution in [-0.2, 0) is 14.3 Å². The van der Waals surface area contributed by atoms with Gasteiger partial charge in [-0.05, 0) is 38.5 Å². The van der Waals surface area contributed by atoms with Crippen molar-refractivity contribution in [2.75, 3.05) is 6.61 Å². The van der Waals surface area contributed by atoms with Crippen LogP contribution in [0.4, 0.5) is 0 Å². The van der Waals surface area contributed by atoms with E-state index in [4.69, 9.17) is 4.74 Å². The molecule has 6 nitrogen and oxygen atoms in total. The third kappa shape index (κ3) is 2.00. The zero-order valence-electron chi connectivity index (χ0n) is 12.1. The van der Waals surface area contributed by atoms with Gasteiger partial charge >= 0.3 is 11.9 Å². The van der Waals surface area contributed by atoms with Gasteiger partial charge in [0.25, 0.3) is 0 Å². The zero-order chi connectivity index (χ0) is 15.6. The summed E-state index contributed by atoms with van der Waals surface area (Å²) >= 11 is 0. The van der Waals surface area contributed by atoms with Crippen LogP contribution in [0.5, 0.6) is 0 Å². The van der Waals surface area contributed by atoms with Gasteiger partial charge in [-0.25, -0.2) is 4.79 Å². The van der Waals surface area contributed by atoms with Crippen LogP contribution in [-0.4, -0.2) is 45.6 Å². The predicted octanol–water partition coefficient (Wildman–Crippen LogP) is 0.472. The van der Waals surface area contributed by atoms with E-state index in [2.05, 4.69) is 0 Å². The minimum atomic E-state index is -1.22. The number of ether oxygens (including phenoxy) is 1. The average Bonchev–Trinajstić information content (AvgIpc) is 2.90. The number of hydrogen-bond donors (Lipinski definition) is 3. The number of aliphatic carboxylic acids is 1. The Morgan fingerprint density at radius 2 is 2.00 bits per heavy atom. The molecular formula is C15H20O6. The number of fused-ring (bicyclic) bond motifs is 1. The van der Waals surface area contributed by atoms with Crippen LogP contribution < -0.4 is 0 Å². The second-order valence-electron chi connectivity index (χ2n) is 7.10. The third-order valence-corrected chi connectivity index (χ3v) is 5.48. The highest BCUT2D eigenvalue weighted by Crippen LogP contribution is 2.55. The largest absolute Gasteiger partial charge is 0.481 e. The first-order valence-corrected chi connectivity index (χ1v) is 7.18. The van der Waals surface area contributed by atoms with Gasteiger partial charge in [0.2, 0.25) is 0 Å². The van der Waals surface area contributed by atoms with Crippen LogP contribution >= 0.6 is 0 Å². The first-order valence-electron chi connectivity index (χ1n) is 7.18. The van der Waals surface area contributed by atoms with E-state index in [-0.39, 0.29) is 31.3 Å². The quantitative estimate of drug-likeness (QED) is 0.608. The maximum absolute atomic E-state index is 11.8. The molecule has 1 heterocycles. The number of esters is 1. The highest BCUT2D eigenvalue weighted by Gasteiger charge is 2.58. The van der Waals surface area contributed by atoms with Crippen molar-refractivity contribution in [3.63, 3.8) is 0 Å². The Balaban J connectivity index is 2.03. The molecule has 0 bridgehead atoms. The lowest BCUT2D eigenvalue weighted by Crippen LogP contribution is -2.39. The standard InChI is InChI=1S/C15H20O6/c1-14(13(18)19)3-8-10(5-14)15(2,20)4-7-9(11(8)16)6-21-12(7)17/h8,10-11,16,20H,3-6H2,1-2H3,(H,18,19)/t8-,10+,11+,14+,15-/m0/s1. The summed E-state index contributed by atoms with van der Waals surface area (Å²) in [6.07, 6.45) is -0.233. The van der Waals surface area contributed by atoms with E-state index in [1.807, 2.05) is 0 Å². The Labute approximate surface area is 122 Å². The number of cyclic esters (lactones) is 1. The summed E-state index contributed by atoms with van der Waals surface area (Å²) in [4.78, 5) is 23.2. The Morgan fingerprint density at radius 1 is 1.33 bits per heavy atom. The van der Waals surface area contributed by atoms with Crippen LogP contribution in [0.2, 0.25) is 0 Å². The van der Waals surface area contributed by atoms with Crippen molar-refractivity contribution in [2.24, 2.45) is 17.3 Å². The topological polar surface area (TPSA) is 104 Å². The molecule has 0 unspecified atom stereocenters. The number of carboxylic acids is 1. The van der Waals surface area contributed by atoms with E-state index in [9.17, 15) is 24.9 Å². The summed E-state index contributed by atoms with van der Waals surface area (Å²) in [5.74, 6) is -2.12. The normalized spacial score (nSPS) is 45.9. The van der Waals surface area contributed by atoms with Crippen LogP contribution in [0.25, 0.3) is 0 Å². The second-order valence-corrected chi connectivity index (χ2v) is 7.10. The van der Waals surface area contributed by atoms with Crippen molar-refractivity contribution >= 4 is 11.9 Å². The van der Waals surface area contributed by atoms with E-state index in [1.54, 1.807) is 13.8 Å². The Hall–Kier alpha value is -1.40. The summed E-state index contributed by atoms with van der Waals surface area (Å²) in [6.45, 7) is 3.31. The molecule has 3 aliphatic rings. The molecule has 3 rings (SSSR count). The molecule has 6 heteroatoms. The highest BCUT2D eigenvalue weighted by molar-refractivity contribution is 5.92. The molecule has 2 aliphatic carbocycles. The maximum atomic E-state index is 11.8. The van der Waals surface area contributed by atoms with Crippen molar-refractivity contribution in [1.29, 1.82) is 0 Å². The van der Waals surface area contributed by atoms with Crippen molar-refractivity contribution in [2.45, 2.75) is 44.8 Å². The number of hydrogen-bond acceptors (Lipinski definition) is 5. The molecule has 0 amide bonds. The smallest absolute Gasteiger partial charge is 0.334 e. The van der Waals surface area contributed by atoms with E-state index >= 15 is 0 Å². The Bertz CT molecular complexity index is 548. The van der Waals surface area contributed by atoms with Gasteiger partial charge < -0.3 is 20.1 Å². The second kappa shape index (κ2) is 4.30. The monoisotopic (exact) mass is 296 g/mol. The van der Waals surface area contributed by atoms with Crippen LogP contribution in [0, 0.1) is 17.3 Å². The van der Waals surface area contributed by atoms with E-state index in [0.29, 0.717) is 17.6 Å². The van der Waals surface area contributed by atoms with E-state index in [0.717, 1.165) is 0 Å². The minimum absolute atomic E-state index is 0.0401. The van der Waals surface area contributed by atoms with Gasteiger partial charge in [0.05, 0.1) is 17.1 Å². The maximum Gasteiger partial charge on any atom is 0.334 e. The molecule has 116 valence electrons. The number of rotatable bonds is 1. The highest BCUT2D eigenvalue weighted by atomic mass is 16.5. The molecule has 1 saturated carbocycles. The third-order valence-electron chi connectivity index (χ3n) is 5.48. The number of carbonyl (C=O) groups is 2. The molecule has 0 saturated heterocycles. The summed E-state index contributed by atoms with van der Waals surface area (Å²) in [6, 6.07) is 0. The number of aliphatic hydroxyl groups excluding tert-OH is 1. The minimum Gasteiger partial charge on any atom is -0.481 e. The molecule has 0 radical (unpaired) electrons. The zero-order valence-corrected chi connectivity index (χ0v) is 12.1. The summed E-state index contributed by atoms with van der Waals surface area (Å²) in [5.41, 5.74) is -1.30. The van der Waals surface area contributed by atoms with Crippen LogP contribution in [0.1, 0.15) is 33.1 Å². The lowest BCUT2D eigenvalue weighted by molar-refractivity contribution is -0.148. The fourth-order valence-corrected chi connectivity index (χ4v) is 4.22. The first kappa shape index (κ1) is 14.5. The predicted molar refractivity (Wildman–Crippen MR) is 71.2 cm³/mol. The Morgan fingerprint density at radius 3 is 2.62 bits per heavy atom. The molecule has 5 atom stereocenters. The van der Waals surface area contributed by atoms with Crippen molar-refractivity contribution < 1.29 is 29.6 Å². The van der Waals surface area contributed by atoms with Crippen LogP contribution in [0.15, 0.2) is 11.1 Å². The van der Waals surface area contributed by atoms with Gasteiger partial charge in [0.1, 0.15) is 6.61 Å². The van der Waals surface area contributed by atoms with Gasteiger partial charge in [-0.1, -0.05) is 0 Å². The molecule has 1 fully saturated rings. The lowest BCUT2D eigenvalue weighted by atomic mass is 9.77. The van der Waals surface area contributed by atoms with Crippen LogP contribution in [0.3, 0.4) is 0 Å². The van der Waals surface area contributed by atoms with Crippen molar-refractivity contribution in [1.82, 2.24) is 0 Å². The number of carboxylic acid groups (broad SMARTS) is 1. The fourth-order valence-electron chi connectivity index (χ4n) is 4.22. The molecule has 0 aromatic rings. The number of carbonyl (C=O) groups excluding carboxylic acids is 1. The van der Waals surface area contributed by atoms with E-state index in [1.165, 1.54) is 0 Å². The molecule has 0 spiro atoms. The van der Waals surface area contributed by atoms with E-state index < -0.39 is 29.1 Å². The molecular weight excluding hydrogens is 276 g/mol. The average molecular weight is 296 g/mol. The molecule has 3 N–H and O–H groups in total. The van der Waals surface area contributed by atoms with Gasteiger partial charge in [-0.15, -0.1) is 0 Å². The molecule has 0 aromatic carbocycles. The fraction of sp³-hybridized carbons (Fsp3) is 0.733. The Kier molecular flexibility index (Phi) is 2.98. The van der Waals surface area contributed by atoms with Gasteiger partial charge in [0.15, 0.2) is 0 Å². The summed E-state index contributed by atoms with van der Waals surface area (Å²) in [5, 5.41) is 30.8. The molecule has 1 aliphatic heterocycles. The van der Waals surface area contributed by atoms with Crippen molar-refractivity contribution in [3.8, 4) is 0 Å². The SMILES string of the molecule is C[C@@]1(C(=O)O)C[C@H]2[C@@H](C1)[C@@](C)(O)CC1=C(COC1=O)[C@@H]2O. The molecule has 21 heavy (non-hydrogen) atoms. The summed E-state index contributed by atoms with van der Waals surface area (Å²) < 4.78 is 4.97. The lowest BCUT2D eigenvalue weighted by Gasteiger charge is -2.34. The first-order chi connectivity index (χ1) is 9.66. The van der Waals surface area contributed by atoms with Gasteiger partial charge in [-0.3, -0.25) is 4.79 Å². The molecule has 0 aromatic heterocycles. The summed E-state index contributed by atoms with van der Waals surface area (Å²) in [7, 11) is 0. The van der Waals surface area contributed by atoms with Gasteiger partial charge in [-0.2, -0.15) is 0 Å². The van der Waals surface area contributed by atoms with Crippen molar-refractivity contribution in [3.05, 3.63) is 11.1 Å². The van der Waals surface area contributed by atoms with Gasteiger partial charge in [0, 0.05) is 17.6 Å². The number of aliphatic hydroxyl groups is 2.